The highest BCUT2D eigenvalue weighted by Gasteiger charge is 2.20. The number of carbonyl (C=O) groups excluding carboxylic acids is 1. The first-order chi connectivity index (χ1) is 9.23. The molecule has 0 spiro atoms. The minimum Gasteiger partial charge on any atom is -0.478 e. The monoisotopic (exact) mass is 281 g/mol. The van der Waals surface area contributed by atoms with Crippen LogP contribution in [0.2, 0.25) is 0 Å². The molecule has 0 bridgehead atoms. The molecule has 20 heavy (non-hydrogen) atoms. The zero-order valence-corrected chi connectivity index (χ0v) is 11.3. The summed E-state index contributed by atoms with van der Waals surface area (Å²) in [6.45, 7) is 1.55. The van der Waals surface area contributed by atoms with Crippen LogP contribution in [0.4, 0.5) is 11.4 Å². The molecule has 1 aromatic carbocycles. The number of carbonyl (C=O) groups is 2. The summed E-state index contributed by atoms with van der Waals surface area (Å²) in [5.74, 6) is -1.50. The van der Waals surface area contributed by atoms with Crippen LogP contribution in [0.5, 0.6) is 0 Å². The predicted molar refractivity (Wildman–Crippen MR) is 71.8 cm³/mol. The summed E-state index contributed by atoms with van der Waals surface area (Å²) in [6.07, 6.45) is 0. The molecule has 1 rings (SSSR count). The van der Waals surface area contributed by atoms with Gasteiger partial charge >= 0.3 is 5.97 Å². The maximum atomic E-state index is 11.7. The van der Waals surface area contributed by atoms with Crippen LogP contribution in [-0.4, -0.2) is 46.9 Å². The quantitative estimate of drug-likeness (QED) is 0.619. The standard InChI is InChI=1S/C12H15N3O5/c1-7(11(16)14(2)3)13-10-6-8(15(19)20)4-5-9(10)12(17)18/h4-7,13H,1-3H3,(H,17,18). The number of carboxylic acids is 1. The van der Waals surface area contributed by atoms with Gasteiger partial charge in [-0.25, -0.2) is 4.79 Å². The fourth-order valence-corrected chi connectivity index (χ4v) is 1.63. The van der Waals surface area contributed by atoms with E-state index in [-0.39, 0.29) is 22.8 Å². The maximum Gasteiger partial charge on any atom is 0.337 e. The van der Waals surface area contributed by atoms with Gasteiger partial charge in [0.25, 0.3) is 5.69 Å². The van der Waals surface area contributed by atoms with Gasteiger partial charge in [-0.3, -0.25) is 14.9 Å². The molecule has 0 fully saturated rings. The van der Waals surface area contributed by atoms with Crippen LogP contribution in [-0.2, 0) is 4.79 Å². The third-order valence-corrected chi connectivity index (χ3v) is 2.63. The van der Waals surface area contributed by atoms with Crippen molar-refractivity contribution in [3.8, 4) is 0 Å². The van der Waals surface area contributed by atoms with E-state index in [0.717, 1.165) is 18.2 Å². The molecule has 8 nitrogen and oxygen atoms in total. The molecule has 0 aliphatic carbocycles. The van der Waals surface area contributed by atoms with Crippen LogP contribution in [0.3, 0.4) is 0 Å². The summed E-state index contributed by atoms with van der Waals surface area (Å²) in [7, 11) is 3.12. The third-order valence-electron chi connectivity index (χ3n) is 2.63. The first-order valence-electron chi connectivity index (χ1n) is 5.73. The van der Waals surface area contributed by atoms with Crippen LogP contribution < -0.4 is 5.32 Å². The van der Waals surface area contributed by atoms with Gasteiger partial charge in [0.05, 0.1) is 16.2 Å². The van der Waals surface area contributed by atoms with Crippen molar-refractivity contribution >= 4 is 23.3 Å². The van der Waals surface area contributed by atoms with Gasteiger partial charge in [-0.05, 0) is 13.0 Å². The Morgan fingerprint density at radius 2 is 2.00 bits per heavy atom. The summed E-state index contributed by atoms with van der Waals surface area (Å²) in [5.41, 5.74) is -0.342. The number of likely N-dealkylation sites (N-methyl/N-ethyl adjacent to an activating group) is 1. The Morgan fingerprint density at radius 3 is 2.45 bits per heavy atom. The first-order valence-corrected chi connectivity index (χ1v) is 5.73. The van der Waals surface area contributed by atoms with Crippen LogP contribution in [0, 0.1) is 10.1 Å². The number of nitrogens with one attached hydrogen (secondary N) is 1. The van der Waals surface area contributed by atoms with E-state index in [4.69, 9.17) is 5.11 Å². The van der Waals surface area contributed by atoms with Gasteiger partial charge in [0, 0.05) is 26.2 Å². The van der Waals surface area contributed by atoms with E-state index in [0.29, 0.717) is 0 Å². The van der Waals surface area contributed by atoms with Gasteiger partial charge in [-0.2, -0.15) is 0 Å². The number of carboxylic acid groups (broad SMARTS) is 1. The molecule has 1 amide bonds. The average Bonchev–Trinajstić information content (AvgIpc) is 2.36. The number of amides is 1. The number of anilines is 1. The normalized spacial score (nSPS) is 11.6. The fraction of sp³-hybridized carbons (Fsp3) is 0.333. The van der Waals surface area contributed by atoms with Gasteiger partial charge < -0.3 is 15.3 Å². The largest absolute Gasteiger partial charge is 0.478 e. The number of nitro groups is 1. The highest BCUT2D eigenvalue weighted by Crippen LogP contribution is 2.23. The lowest BCUT2D eigenvalue weighted by Gasteiger charge is -2.19. The molecule has 1 unspecified atom stereocenters. The van der Waals surface area contributed by atoms with Crippen molar-refractivity contribution in [1.82, 2.24) is 4.90 Å². The molecule has 0 heterocycles. The lowest BCUT2D eigenvalue weighted by Crippen LogP contribution is -2.37. The minimum atomic E-state index is -1.23. The molecule has 0 aliphatic rings. The highest BCUT2D eigenvalue weighted by atomic mass is 16.6. The SMILES string of the molecule is CC(Nc1cc([N+](=O)[O-])ccc1C(=O)O)C(=O)N(C)C. The Morgan fingerprint density at radius 1 is 1.40 bits per heavy atom. The number of nitro benzene ring substituents is 1. The molecular weight excluding hydrogens is 266 g/mol. The summed E-state index contributed by atoms with van der Waals surface area (Å²) in [6, 6.07) is 2.64. The molecule has 2 N–H and O–H groups in total. The molecule has 0 aliphatic heterocycles. The van der Waals surface area contributed by atoms with E-state index in [1.165, 1.54) is 4.90 Å². The van der Waals surface area contributed by atoms with Crippen molar-refractivity contribution < 1.29 is 19.6 Å². The fourth-order valence-electron chi connectivity index (χ4n) is 1.63. The van der Waals surface area contributed by atoms with Crippen molar-refractivity contribution in [2.24, 2.45) is 0 Å². The van der Waals surface area contributed by atoms with E-state index in [9.17, 15) is 19.7 Å². The van der Waals surface area contributed by atoms with Crippen LogP contribution in [0.25, 0.3) is 0 Å². The van der Waals surface area contributed by atoms with Crippen LogP contribution in [0.15, 0.2) is 18.2 Å². The van der Waals surface area contributed by atoms with E-state index in [2.05, 4.69) is 5.32 Å². The van der Waals surface area contributed by atoms with E-state index >= 15 is 0 Å². The third kappa shape index (κ3) is 3.44. The van der Waals surface area contributed by atoms with Crippen LogP contribution in [0.1, 0.15) is 17.3 Å². The predicted octanol–water partition coefficient (Wildman–Crippen LogP) is 1.18. The Hall–Kier alpha value is -2.64. The van der Waals surface area contributed by atoms with Gasteiger partial charge in [-0.1, -0.05) is 0 Å². The zero-order chi connectivity index (χ0) is 15.4. The van der Waals surface area contributed by atoms with E-state index < -0.39 is 16.9 Å². The van der Waals surface area contributed by atoms with Crippen molar-refractivity contribution in [3.05, 3.63) is 33.9 Å². The van der Waals surface area contributed by atoms with Gasteiger partial charge in [0.1, 0.15) is 6.04 Å². The maximum absolute atomic E-state index is 11.7. The number of benzene rings is 1. The van der Waals surface area contributed by atoms with Crippen molar-refractivity contribution in [2.45, 2.75) is 13.0 Å². The second-order valence-corrected chi connectivity index (χ2v) is 4.39. The smallest absolute Gasteiger partial charge is 0.337 e. The van der Waals surface area contributed by atoms with E-state index in [1.807, 2.05) is 0 Å². The molecular formula is C12H15N3O5. The summed E-state index contributed by atoms with van der Waals surface area (Å²) >= 11 is 0. The molecule has 108 valence electrons. The van der Waals surface area contributed by atoms with Gasteiger partial charge in [-0.15, -0.1) is 0 Å². The van der Waals surface area contributed by atoms with Crippen molar-refractivity contribution in [2.75, 3.05) is 19.4 Å². The van der Waals surface area contributed by atoms with E-state index in [1.54, 1.807) is 21.0 Å². The van der Waals surface area contributed by atoms with Crippen molar-refractivity contribution in [1.29, 1.82) is 0 Å². The highest BCUT2D eigenvalue weighted by molar-refractivity contribution is 5.96. The molecule has 1 atom stereocenters. The molecule has 0 saturated carbocycles. The minimum absolute atomic E-state index is 0.0365. The Labute approximate surface area is 115 Å². The topological polar surface area (TPSA) is 113 Å². The first kappa shape index (κ1) is 15.4. The number of hydrogen-bond acceptors (Lipinski definition) is 5. The Balaban J connectivity index is 3.13. The second-order valence-electron chi connectivity index (χ2n) is 4.39. The lowest BCUT2D eigenvalue weighted by molar-refractivity contribution is -0.384. The number of hydrogen-bond donors (Lipinski definition) is 2. The summed E-state index contributed by atoms with van der Waals surface area (Å²) in [4.78, 5) is 34.2. The number of non-ortho nitro benzene ring substituents is 1. The molecule has 0 saturated heterocycles. The summed E-state index contributed by atoms with van der Waals surface area (Å²) < 4.78 is 0. The zero-order valence-electron chi connectivity index (χ0n) is 11.3. The van der Waals surface area contributed by atoms with Crippen molar-refractivity contribution in [3.63, 3.8) is 0 Å². The van der Waals surface area contributed by atoms with Gasteiger partial charge in [0.2, 0.25) is 5.91 Å². The Kier molecular flexibility index (Phi) is 4.63. The molecule has 0 aromatic heterocycles. The molecule has 1 aromatic rings. The number of aromatic carboxylic acids is 1. The van der Waals surface area contributed by atoms with Gasteiger partial charge in [0.15, 0.2) is 0 Å². The lowest BCUT2D eigenvalue weighted by atomic mass is 10.1. The Bertz CT molecular complexity index is 556. The molecule has 0 radical (unpaired) electrons. The number of rotatable bonds is 5. The number of nitrogens with zero attached hydrogens (tertiary/aromatic N) is 2. The van der Waals surface area contributed by atoms with Crippen LogP contribution >= 0.6 is 0 Å². The second kappa shape index (κ2) is 6.00. The average molecular weight is 281 g/mol. The summed E-state index contributed by atoms with van der Waals surface area (Å²) in [5, 5.41) is 22.5. The molecule has 8 heteroatoms.